The Hall–Kier alpha value is -3.66. The molecule has 10 heteroatoms. The Kier molecular flexibility index (Phi) is 7.72. The van der Waals surface area contributed by atoms with E-state index < -0.39 is 29.2 Å². The number of carbonyl (C=O) groups is 1. The summed E-state index contributed by atoms with van der Waals surface area (Å²) in [5, 5.41) is 0. The lowest BCUT2D eigenvalue weighted by Gasteiger charge is -2.48. The summed E-state index contributed by atoms with van der Waals surface area (Å²) in [5.74, 6) is -0.946. The van der Waals surface area contributed by atoms with Crippen molar-refractivity contribution in [3.05, 3.63) is 77.2 Å². The third-order valence-corrected chi connectivity index (χ3v) is 8.18. The van der Waals surface area contributed by atoms with Crippen molar-refractivity contribution in [1.82, 2.24) is 14.8 Å². The first-order valence-corrected chi connectivity index (χ1v) is 13.5. The Bertz CT molecular complexity index is 1370. The number of pyridine rings is 1. The van der Waals surface area contributed by atoms with Crippen LogP contribution in [0.5, 0.6) is 5.75 Å². The molecule has 1 unspecified atom stereocenters. The van der Waals surface area contributed by atoms with Gasteiger partial charge in [0.25, 0.3) is 0 Å². The molecule has 0 radical (unpaired) electrons. The summed E-state index contributed by atoms with van der Waals surface area (Å²) in [6.45, 7) is 4.57. The van der Waals surface area contributed by atoms with Crippen molar-refractivity contribution in [2.45, 2.75) is 50.4 Å². The number of nitrogen functional groups attached to an aromatic ring is 1. The molecule has 0 saturated carbocycles. The first-order valence-electron chi connectivity index (χ1n) is 13.5. The van der Waals surface area contributed by atoms with Crippen molar-refractivity contribution < 1.29 is 27.1 Å². The fourth-order valence-corrected chi connectivity index (χ4v) is 6.18. The number of amides is 1. The van der Waals surface area contributed by atoms with Crippen molar-refractivity contribution in [3.8, 4) is 16.9 Å². The second kappa shape index (κ2) is 11.1. The van der Waals surface area contributed by atoms with E-state index in [0.29, 0.717) is 18.7 Å². The van der Waals surface area contributed by atoms with Crippen molar-refractivity contribution in [1.29, 1.82) is 0 Å². The van der Waals surface area contributed by atoms with E-state index in [1.54, 1.807) is 17.2 Å². The molecular weight excluding hydrogens is 524 g/mol. The first kappa shape index (κ1) is 27.9. The molecule has 0 spiro atoms. The zero-order valence-electron chi connectivity index (χ0n) is 22.3. The van der Waals surface area contributed by atoms with E-state index >= 15 is 0 Å². The summed E-state index contributed by atoms with van der Waals surface area (Å²) in [5.41, 5.74) is 6.82. The maximum atomic E-state index is 14.6. The molecule has 5 rings (SSSR count). The van der Waals surface area contributed by atoms with Gasteiger partial charge in [0.2, 0.25) is 6.41 Å². The van der Waals surface area contributed by atoms with Crippen LogP contribution in [0.3, 0.4) is 0 Å². The third-order valence-electron chi connectivity index (χ3n) is 8.18. The summed E-state index contributed by atoms with van der Waals surface area (Å²) < 4.78 is 61.4. The van der Waals surface area contributed by atoms with Gasteiger partial charge >= 0.3 is 6.18 Å². The molecule has 0 aliphatic carbocycles. The molecule has 2 aliphatic rings. The second-order valence-electron chi connectivity index (χ2n) is 10.5. The number of nitrogens with zero attached hydrogens (tertiary/aromatic N) is 3. The highest BCUT2D eigenvalue weighted by Crippen LogP contribution is 2.45. The van der Waals surface area contributed by atoms with Gasteiger partial charge in [-0.05, 0) is 75.0 Å². The Morgan fingerprint density at radius 1 is 1.05 bits per heavy atom. The molecule has 2 saturated heterocycles. The van der Waals surface area contributed by atoms with Crippen LogP contribution < -0.4 is 10.5 Å². The number of hydrogen-bond acceptors (Lipinski definition) is 5. The van der Waals surface area contributed by atoms with Crippen LogP contribution in [0.2, 0.25) is 0 Å². The van der Waals surface area contributed by atoms with E-state index in [1.165, 1.54) is 6.92 Å². The van der Waals surface area contributed by atoms with E-state index in [9.17, 15) is 22.4 Å². The average Bonchev–Trinajstić information content (AvgIpc) is 3.49. The van der Waals surface area contributed by atoms with Crippen molar-refractivity contribution in [2.75, 3.05) is 31.9 Å². The zero-order chi connectivity index (χ0) is 28.5. The molecule has 6 nitrogen and oxygen atoms in total. The molecule has 2 N–H and O–H groups in total. The van der Waals surface area contributed by atoms with Crippen LogP contribution in [0.15, 0.2) is 54.7 Å². The normalized spacial score (nSPS) is 18.5. The zero-order valence-corrected chi connectivity index (χ0v) is 22.3. The number of alkyl halides is 3. The van der Waals surface area contributed by atoms with Crippen molar-refractivity contribution in [2.24, 2.45) is 0 Å². The summed E-state index contributed by atoms with van der Waals surface area (Å²) in [6.07, 6.45) is 0.257. The molecule has 1 amide bonds. The number of nitrogens with two attached hydrogens (primary N) is 1. The highest BCUT2D eigenvalue weighted by Gasteiger charge is 2.43. The first-order chi connectivity index (χ1) is 19.1. The number of rotatable bonds is 7. The van der Waals surface area contributed by atoms with Gasteiger partial charge in [0.1, 0.15) is 11.9 Å². The van der Waals surface area contributed by atoms with Crippen molar-refractivity contribution in [3.63, 3.8) is 0 Å². The fourth-order valence-electron chi connectivity index (χ4n) is 6.18. The summed E-state index contributed by atoms with van der Waals surface area (Å²) in [6, 6.07) is 12.5. The lowest BCUT2D eigenvalue weighted by Crippen LogP contribution is -2.52. The fraction of sp³-hybridized carbons (Fsp3) is 0.400. The van der Waals surface area contributed by atoms with E-state index in [1.807, 2.05) is 18.2 Å². The highest BCUT2D eigenvalue weighted by molar-refractivity contribution is 5.71. The minimum atomic E-state index is -4.75. The summed E-state index contributed by atoms with van der Waals surface area (Å²) in [4.78, 5) is 20.1. The SMILES string of the molecule is CC(Oc1cc(-c2ccccc2C2(N3CCCC3)CCN(C=O)CC2)cnc1N)c1c(F)cccc1C(F)(F)F. The Labute approximate surface area is 230 Å². The highest BCUT2D eigenvalue weighted by atomic mass is 19.4. The molecule has 40 heavy (non-hydrogen) atoms. The van der Waals surface area contributed by atoms with Crippen LogP contribution in [-0.2, 0) is 16.5 Å². The lowest BCUT2D eigenvalue weighted by atomic mass is 9.76. The molecule has 1 aromatic heterocycles. The van der Waals surface area contributed by atoms with E-state index in [0.717, 1.165) is 74.5 Å². The van der Waals surface area contributed by atoms with Crippen LogP contribution in [0.25, 0.3) is 11.1 Å². The number of benzene rings is 2. The second-order valence-corrected chi connectivity index (χ2v) is 10.5. The molecule has 3 aromatic rings. The van der Waals surface area contributed by atoms with Gasteiger partial charge in [0, 0.05) is 36.0 Å². The summed E-state index contributed by atoms with van der Waals surface area (Å²) >= 11 is 0. The maximum Gasteiger partial charge on any atom is 0.416 e. The predicted octanol–water partition coefficient (Wildman–Crippen LogP) is 6.17. The Morgan fingerprint density at radius 2 is 1.75 bits per heavy atom. The average molecular weight is 557 g/mol. The van der Waals surface area contributed by atoms with Gasteiger partial charge in [-0.1, -0.05) is 30.3 Å². The topological polar surface area (TPSA) is 71.7 Å². The Morgan fingerprint density at radius 3 is 2.42 bits per heavy atom. The number of carbonyl (C=O) groups excluding carboxylic acids is 1. The van der Waals surface area contributed by atoms with Crippen LogP contribution in [0.1, 0.15) is 55.4 Å². The van der Waals surface area contributed by atoms with E-state index in [-0.39, 0.29) is 17.1 Å². The van der Waals surface area contributed by atoms with Gasteiger partial charge < -0.3 is 15.4 Å². The molecule has 2 fully saturated rings. The number of aromatic nitrogens is 1. The van der Waals surface area contributed by atoms with Gasteiger partial charge in [-0.25, -0.2) is 9.37 Å². The van der Waals surface area contributed by atoms with Crippen LogP contribution in [-0.4, -0.2) is 47.4 Å². The summed E-state index contributed by atoms with van der Waals surface area (Å²) in [7, 11) is 0. The molecule has 3 heterocycles. The lowest BCUT2D eigenvalue weighted by molar-refractivity contribution is -0.139. The largest absolute Gasteiger partial charge is 0.482 e. The molecule has 0 bridgehead atoms. The van der Waals surface area contributed by atoms with Gasteiger partial charge in [-0.3, -0.25) is 9.69 Å². The smallest absolute Gasteiger partial charge is 0.416 e. The number of hydrogen-bond donors (Lipinski definition) is 1. The number of anilines is 1. The molecule has 2 aromatic carbocycles. The molecule has 1 atom stereocenters. The van der Waals surface area contributed by atoms with Crippen LogP contribution >= 0.6 is 0 Å². The number of halogens is 4. The maximum absolute atomic E-state index is 14.6. The van der Waals surface area contributed by atoms with Crippen LogP contribution in [0, 0.1) is 5.82 Å². The molecule has 212 valence electrons. The number of piperidine rings is 1. The Balaban J connectivity index is 1.53. The van der Waals surface area contributed by atoms with E-state index in [4.69, 9.17) is 10.5 Å². The quantitative estimate of drug-likeness (QED) is 0.278. The standard InChI is InChI=1S/C30H32F4N4O2/c1-20(27-24(30(32,33)34)9-6-10-25(27)31)40-26-17-21(18-36-28(26)35)22-7-2-3-8-23(22)29(38-13-4-5-14-38)11-15-37(19-39)16-12-29/h2-3,6-10,17-20H,4-5,11-16H2,1H3,(H2,35,36). The van der Waals surface area contributed by atoms with Gasteiger partial charge in [-0.15, -0.1) is 0 Å². The monoisotopic (exact) mass is 556 g/mol. The molecule has 2 aliphatic heterocycles. The predicted molar refractivity (Wildman–Crippen MR) is 144 cm³/mol. The van der Waals surface area contributed by atoms with Gasteiger partial charge in [0.15, 0.2) is 11.6 Å². The van der Waals surface area contributed by atoms with Crippen LogP contribution in [0.4, 0.5) is 23.4 Å². The van der Waals surface area contributed by atoms with E-state index in [2.05, 4.69) is 16.0 Å². The third kappa shape index (κ3) is 5.24. The molecular formula is C30H32F4N4O2. The van der Waals surface area contributed by atoms with Gasteiger partial charge in [-0.2, -0.15) is 13.2 Å². The van der Waals surface area contributed by atoms with Gasteiger partial charge in [0.05, 0.1) is 5.56 Å². The number of ether oxygens (including phenoxy) is 1. The number of likely N-dealkylation sites (tertiary alicyclic amines) is 2. The van der Waals surface area contributed by atoms with Crippen molar-refractivity contribution >= 4 is 12.2 Å². The minimum Gasteiger partial charge on any atom is -0.482 e. The minimum absolute atomic E-state index is 0.00785.